The molecule has 5 fully saturated rings. The number of esters is 4. The molecule has 0 aromatic carbocycles. The second kappa shape index (κ2) is 12.3. The molecule has 45 heavy (non-hydrogen) atoms. The van der Waals surface area contributed by atoms with Crippen molar-refractivity contribution in [3.8, 4) is 0 Å². The van der Waals surface area contributed by atoms with Gasteiger partial charge >= 0.3 is 23.9 Å². The van der Waals surface area contributed by atoms with Crippen molar-refractivity contribution >= 4 is 23.9 Å². The molecule has 8 heteroatoms. The van der Waals surface area contributed by atoms with Crippen LogP contribution in [0.2, 0.25) is 0 Å². The number of carbonyl (C=O) groups is 4. The molecular formula is C37H54O8. The van der Waals surface area contributed by atoms with Crippen LogP contribution in [0.3, 0.4) is 0 Å². The molecule has 8 nitrogen and oxygen atoms in total. The van der Waals surface area contributed by atoms with Crippen molar-refractivity contribution in [2.24, 2.45) is 64.1 Å². The maximum Gasteiger partial charge on any atom is 0.309 e. The minimum atomic E-state index is -0.286. The maximum absolute atomic E-state index is 13.3. The van der Waals surface area contributed by atoms with Crippen LogP contribution in [0.1, 0.15) is 105 Å². The van der Waals surface area contributed by atoms with Crippen LogP contribution < -0.4 is 0 Å². The second-order valence-electron chi connectivity index (χ2n) is 16.1. The van der Waals surface area contributed by atoms with Crippen molar-refractivity contribution < 1.29 is 38.1 Å². The van der Waals surface area contributed by atoms with Crippen LogP contribution in [-0.2, 0) is 38.1 Å². The van der Waals surface area contributed by atoms with Crippen molar-refractivity contribution in [2.75, 3.05) is 7.11 Å². The summed E-state index contributed by atoms with van der Waals surface area (Å²) in [5.41, 5.74) is -0.320. The lowest BCUT2D eigenvalue weighted by atomic mass is 9.43. The van der Waals surface area contributed by atoms with Crippen molar-refractivity contribution in [1.82, 2.24) is 0 Å². The lowest BCUT2D eigenvalue weighted by Gasteiger charge is -2.64. The number of methoxy groups -OCH3 is 1. The average molecular weight is 627 g/mol. The molecule has 0 heterocycles. The van der Waals surface area contributed by atoms with Crippen molar-refractivity contribution in [3.05, 3.63) is 12.2 Å². The fourth-order valence-electron chi connectivity index (χ4n) is 11.8. The van der Waals surface area contributed by atoms with Crippen molar-refractivity contribution in [3.63, 3.8) is 0 Å². The smallest absolute Gasteiger partial charge is 0.309 e. The average Bonchev–Trinajstić information content (AvgIpc) is 3.71. The third-order valence-corrected chi connectivity index (χ3v) is 14.0. The van der Waals surface area contributed by atoms with E-state index in [0.717, 1.165) is 64.2 Å². The number of ether oxygens (including phenoxy) is 4. The summed E-state index contributed by atoms with van der Waals surface area (Å²) in [6.07, 6.45) is 13.0. The van der Waals surface area contributed by atoms with E-state index in [1.54, 1.807) is 0 Å². The maximum atomic E-state index is 13.3. The molecule has 2 bridgehead atoms. The fourth-order valence-corrected chi connectivity index (χ4v) is 11.8. The molecule has 0 amide bonds. The van der Waals surface area contributed by atoms with Crippen molar-refractivity contribution in [2.45, 2.75) is 124 Å². The molecular weight excluding hydrogens is 572 g/mol. The largest absolute Gasteiger partial charge is 0.469 e. The highest BCUT2D eigenvalue weighted by Gasteiger charge is 2.67. The quantitative estimate of drug-likeness (QED) is 0.172. The van der Waals surface area contributed by atoms with Gasteiger partial charge in [-0.3, -0.25) is 19.2 Å². The Kier molecular flexibility index (Phi) is 8.92. The third-order valence-electron chi connectivity index (χ3n) is 14.0. The summed E-state index contributed by atoms with van der Waals surface area (Å²) in [4.78, 5) is 50.5. The predicted octanol–water partition coefficient (Wildman–Crippen LogP) is 6.44. The van der Waals surface area contributed by atoms with E-state index in [1.807, 2.05) is 0 Å². The Bertz CT molecular complexity index is 1210. The summed E-state index contributed by atoms with van der Waals surface area (Å²) < 4.78 is 23.7. The van der Waals surface area contributed by atoms with E-state index in [9.17, 15) is 19.2 Å². The van der Waals surface area contributed by atoms with Crippen molar-refractivity contribution in [1.29, 1.82) is 0 Å². The molecule has 0 saturated heterocycles. The van der Waals surface area contributed by atoms with Crippen LogP contribution in [0.4, 0.5) is 0 Å². The minimum Gasteiger partial charge on any atom is -0.469 e. The molecule has 250 valence electrons. The molecule has 14 atom stereocenters. The van der Waals surface area contributed by atoms with Crippen LogP contribution in [0, 0.1) is 64.1 Å². The van der Waals surface area contributed by atoms with Gasteiger partial charge in [0.05, 0.1) is 13.0 Å². The summed E-state index contributed by atoms with van der Waals surface area (Å²) in [6.45, 7) is 9.93. The zero-order chi connectivity index (χ0) is 32.3. The zero-order valence-electron chi connectivity index (χ0n) is 28.1. The van der Waals surface area contributed by atoms with Crippen LogP contribution >= 0.6 is 0 Å². The highest BCUT2D eigenvalue weighted by atomic mass is 16.6. The van der Waals surface area contributed by atoms with Crippen LogP contribution in [0.15, 0.2) is 12.2 Å². The number of rotatable bonds is 8. The fraction of sp³-hybridized carbons (Fsp3) is 0.838. The van der Waals surface area contributed by atoms with Crippen LogP contribution in [-0.4, -0.2) is 49.3 Å². The van der Waals surface area contributed by atoms with Crippen LogP contribution in [0.5, 0.6) is 0 Å². The van der Waals surface area contributed by atoms with E-state index in [4.69, 9.17) is 18.9 Å². The lowest BCUT2D eigenvalue weighted by Crippen LogP contribution is -2.63. The second-order valence-corrected chi connectivity index (χ2v) is 16.1. The highest BCUT2D eigenvalue weighted by molar-refractivity contribution is 5.74. The number of hydrogen-bond acceptors (Lipinski definition) is 8. The normalized spacial score (nSPS) is 45.1. The van der Waals surface area contributed by atoms with Gasteiger partial charge in [-0.2, -0.15) is 0 Å². The van der Waals surface area contributed by atoms with Gasteiger partial charge in [0.1, 0.15) is 18.3 Å². The van der Waals surface area contributed by atoms with Gasteiger partial charge in [0.15, 0.2) is 0 Å². The SMILES string of the molecule is COC(=O)CC[C@@H](C)[C@H]1CC[C@H]2[C@@H]3[C@H](OC(C)=O)C[C@H]4C[C@H](OC(=O)[C@H]5C[C@H]6C=C[C@@H]5C6)CC[C@]4(C)[C@H]3C[C@H](OC(C)=O)[C@]12C. The Morgan fingerprint density at radius 3 is 2.27 bits per heavy atom. The Balaban J connectivity index is 1.25. The van der Waals surface area contributed by atoms with Gasteiger partial charge in [-0.15, -0.1) is 0 Å². The number of carbonyl (C=O) groups excluding carboxylic acids is 4. The Hall–Kier alpha value is -2.38. The number of allylic oxidation sites excluding steroid dienone is 2. The first-order chi connectivity index (χ1) is 21.3. The summed E-state index contributed by atoms with van der Waals surface area (Å²) in [5.74, 6) is 1.49. The van der Waals surface area contributed by atoms with E-state index in [2.05, 4.69) is 32.9 Å². The predicted molar refractivity (Wildman–Crippen MR) is 166 cm³/mol. The lowest BCUT2D eigenvalue weighted by molar-refractivity contribution is -0.225. The van der Waals surface area contributed by atoms with Gasteiger partial charge in [0, 0.05) is 31.6 Å². The van der Waals surface area contributed by atoms with Gasteiger partial charge in [-0.05, 0) is 111 Å². The zero-order valence-corrected chi connectivity index (χ0v) is 28.1. The van der Waals surface area contributed by atoms with Gasteiger partial charge in [0.25, 0.3) is 0 Å². The molecule has 6 rings (SSSR count). The van der Waals surface area contributed by atoms with Gasteiger partial charge in [0.2, 0.25) is 0 Å². The Morgan fingerprint density at radius 1 is 0.867 bits per heavy atom. The molecule has 0 spiro atoms. The van der Waals surface area contributed by atoms with Gasteiger partial charge in [-0.25, -0.2) is 0 Å². The first-order valence-corrected chi connectivity index (χ1v) is 17.6. The molecule has 6 aliphatic carbocycles. The molecule has 0 aromatic rings. The highest BCUT2D eigenvalue weighted by Crippen LogP contribution is 2.69. The van der Waals surface area contributed by atoms with E-state index < -0.39 is 0 Å². The summed E-state index contributed by atoms with van der Waals surface area (Å²) in [7, 11) is 1.43. The number of hydrogen-bond donors (Lipinski definition) is 0. The van der Waals surface area contributed by atoms with E-state index in [0.29, 0.717) is 18.3 Å². The van der Waals surface area contributed by atoms with Gasteiger partial charge < -0.3 is 18.9 Å². The molecule has 0 radical (unpaired) electrons. The summed E-state index contributed by atoms with van der Waals surface area (Å²) in [6, 6.07) is 0. The van der Waals surface area contributed by atoms with E-state index in [-0.39, 0.29) is 94.4 Å². The Morgan fingerprint density at radius 2 is 1.62 bits per heavy atom. The van der Waals surface area contributed by atoms with E-state index in [1.165, 1.54) is 21.0 Å². The molecule has 0 N–H and O–H groups in total. The third kappa shape index (κ3) is 5.75. The first-order valence-electron chi connectivity index (χ1n) is 17.6. The summed E-state index contributed by atoms with van der Waals surface area (Å²) in [5, 5.41) is 0. The molecule has 0 aromatic heterocycles. The molecule has 0 unspecified atom stereocenters. The molecule has 0 aliphatic heterocycles. The summed E-state index contributed by atoms with van der Waals surface area (Å²) >= 11 is 0. The minimum absolute atomic E-state index is 0.0105. The van der Waals surface area contributed by atoms with E-state index >= 15 is 0 Å². The standard InChI is InChI=1S/C37H54O8/c1-20(7-12-33(40)42-6)28-10-11-29-34-30(19-32(37(28,29)5)44-22(3)39)36(4)14-13-26(17-25(36)18-31(34)43-21(2)38)45-35(41)27-16-23-8-9-24(27)15-23/h8-9,20,23-32,34H,7,10-19H2,1-6H3/t20-,23+,24-,25-,26-,27+,28-,29+,30+,31-,32+,34+,36+,37-/m1/s1. The topological polar surface area (TPSA) is 105 Å². The monoisotopic (exact) mass is 626 g/mol. The number of fused-ring (bicyclic) bond motifs is 7. The molecule has 6 aliphatic rings. The first kappa shape index (κ1) is 32.6. The van der Waals surface area contributed by atoms with Crippen LogP contribution in [0.25, 0.3) is 0 Å². The Labute approximate surface area is 268 Å². The molecule has 5 saturated carbocycles. The van der Waals surface area contributed by atoms with Gasteiger partial charge in [-0.1, -0.05) is 32.9 Å².